The maximum atomic E-state index is 13.5. The first-order valence-electron chi connectivity index (χ1n) is 6.52. The van der Waals surface area contributed by atoms with Gasteiger partial charge in [0.1, 0.15) is 12.4 Å². The molecule has 0 aliphatic rings. The molecule has 0 radical (unpaired) electrons. The molecule has 2 aromatic rings. The minimum absolute atomic E-state index is 0.0579. The third-order valence-electron chi connectivity index (χ3n) is 3.07. The maximum Gasteiger partial charge on any atom is 0.165 e. The minimum Gasteiger partial charge on any atom is -0.489 e. The molecular formula is C16H15F2NO2. The van der Waals surface area contributed by atoms with E-state index < -0.39 is 11.6 Å². The molecule has 0 heterocycles. The molecule has 0 spiro atoms. The molecule has 1 N–H and O–H groups in total. The first kappa shape index (κ1) is 15.0. The maximum absolute atomic E-state index is 13.5. The summed E-state index contributed by atoms with van der Waals surface area (Å²) in [6.07, 6.45) is 0.602. The molecule has 0 aromatic heterocycles. The number of nitrogens with zero attached hydrogens (tertiary/aromatic N) is 1. The van der Waals surface area contributed by atoms with Gasteiger partial charge in [0.25, 0.3) is 0 Å². The first-order chi connectivity index (χ1) is 10.2. The van der Waals surface area contributed by atoms with Crippen LogP contribution >= 0.6 is 0 Å². The fourth-order valence-corrected chi connectivity index (χ4v) is 1.90. The van der Waals surface area contributed by atoms with Crippen molar-refractivity contribution in [2.45, 2.75) is 20.0 Å². The van der Waals surface area contributed by atoms with Gasteiger partial charge in [0.2, 0.25) is 0 Å². The van der Waals surface area contributed by atoms with Gasteiger partial charge in [-0.2, -0.15) is 0 Å². The van der Waals surface area contributed by atoms with Gasteiger partial charge in [0.05, 0.1) is 5.71 Å². The summed E-state index contributed by atoms with van der Waals surface area (Å²) in [5.74, 6) is -1.26. The summed E-state index contributed by atoms with van der Waals surface area (Å²) in [5, 5.41) is 12.0. The third kappa shape index (κ3) is 3.56. The molecule has 0 aliphatic heterocycles. The van der Waals surface area contributed by atoms with Crippen molar-refractivity contribution >= 4 is 5.71 Å². The Kier molecular flexibility index (Phi) is 4.87. The van der Waals surface area contributed by atoms with Crippen LogP contribution in [0.4, 0.5) is 8.78 Å². The van der Waals surface area contributed by atoms with Gasteiger partial charge in [0.15, 0.2) is 11.6 Å². The molecule has 0 unspecified atom stereocenters. The summed E-state index contributed by atoms with van der Waals surface area (Å²) in [6, 6.07) is 10.8. The smallest absolute Gasteiger partial charge is 0.165 e. The Labute approximate surface area is 121 Å². The summed E-state index contributed by atoms with van der Waals surface area (Å²) in [4.78, 5) is 0. The molecule has 0 atom stereocenters. The van der Waals surface area contributed by atoms with Crippen LogP contribution in [0.3, 0.4) is 0 Å². The van der Waals surface area contributed by atoms with Gasteiger partial charge >= 0.3 is 0 Å². The lowest BCUT2D eigenvalue weighted by atomic mass is 10.1. The van der Waals surface area contributed by atoms with Crippen LogP contribution in [0.25, 0.3) is 0 Å². The summed E-state index contributed by atoms with van der Waals surface area (Å²) in [6.45, 7) is 1.82. The van der Waals surface area contributed by atoms with Crippen LogP contribution in [0.2, 0.25) is 0 Å². The largest absolute Gasteiger partial charge is 0.489 e. The third-order valence-corrected chi connectivity index (χ3v) is 3.07. The molecule has 0 fully saturated rings. The molecule has 0 aliphatic carbocycles. The highest BCUT2D eigenvalue weighted by atomic mass is 19.2. The number of ether oxygens (including phenoxy) is 1. The number of oxime groups is 1. The Morgan fingerprint density at radius 3 is 2.48 bits per heavy atom. The highest BCUT2D eigenvalue weighted by Crippen LogP contribution is 2.17. The van der Waals surface area contributed by atoms with Gasteiger partial charge in [0, 0.05) is 5.56 Å². The van der Waals surface area contributed by atoms with Crippen LogP contribution in [-0.2, 0) is 6.61 Å². The Morgan fingerprint density at radius 1 is 1.14 bits per heavy atom. The van der Waals surface area contributed by atoms with Crippen LogP contribution < -0.4 is 4.74 Å². The molecule has 0 saturated heterocycles. The lowest BCUT2D eigenvalue weighted by molar-refractivity contribution is 0.297. The van der Waals surface area contributed by atoms with Crippen molar-refractivity contribution < 1.29 is 18.7 Å². The van der Waals surface area contributed by atoms with Crippen molar-refractivity contribution in [1.29, 1.82) is 0 Å². The van der Waals surface area contributed by atoms with Gasteiger partial charge in [-0.15, -0.1) is 0 Å². The lowest BCUT2D eigenvalue weighted by Crippen LogP contribution is -2.01. The van der Waals surface area contributed by atoms with E-state index in [-0.39, 0.29) is 12.2 Å². The van der Waals surface area contributed by atoms with E-state index in [1.165, 1.54) is 12.1 Å². The standard InChI is InChI=1S/C16H15F2NO2/c1-2-15(19-20)11-6-8-13(9-7-11)21-10-12-4-3-5-14(17)16(12)18/h3-9,20H,2,10H2,1H3/b19-15+. The van der Waals surface area contributed by atoms with Crippen molar-refractivity contribution in [1.82, 2.24) is 0 Å². The predicted octanol–water partition coefficient (Wildman–Crippen LogP) is 4.13. The number of rotatable bonds is 5. The molecular weight excluding hydrogens is 276 g/mol. The van der Waals surface area contributed by atoms with Gasteiger partial charge in [-0.3, -0.25) is 0 Å². The summed E-state index contributed by atoms with van der Waals surface area (Å²) < 4.78 is 31.9. The zero-order chi connectivity index (χ0) is 15.2. The van der Waals surface area contributed by atoms with E-state index in [0.717, 1.165) is 11.6 Å². The lowest BCUT2D eigenvalue weighted by Gasteiger charge is -2.08. The summed E-state index contributed by atoms with van der Waals surface area (Å²) in [5.41, 5.74) is 1.51. The Hall–Kier alpha value is -2.43. The van der Waals surface area contributed by atoms with Gasteiger partial charge in [-0.25, -0.2) is 8.78 Å². The van der Waals surface area contributed by atoms with Crippen LogP contribution in [0.5, 0.6) is 5.75 Å². The molecule has 5 heteroatoms. The average molecular weight is 291 g/mol. The summed E-state index contributed by atoms with van der Waals surface area (Å²) in [7, 11) is 0. The topological polar surface area (TPSA) is 41.8 Å². The minimum atomic E-state index is -0.894. The first-order valence-corrected chi connectivity index (χ1v) is 6.52. The molecule has 0 bridgehead atoms. The number of benzene rings is 2. The quantitative estimate of drug-likeness (QED) is 0.511. The van der Waals surface area contributed by atoms with Crippen molar-refractivity contribution in [3.8, 4) is 5.75 Å². The van der Waals surface area contributed by atoms with Gasteiger partial charge in [-0.05, 0) is 42.3 Å². The monoisotopic (exact) mass is 291 g/mol. The van der Waals surface area contributed by atoms with Crippen LogP contribution in [0.15, 0.2) is 47.6 Å². The number of hydrogen-bond acceptors (Lipinski definition) is 3. The van der Waals surface area contributed by atoms with Crippen LogP contribution in [0.1, 0.15) is 24.5 Å². The predicted molar refractivity (Wildman–Crippen MR) is 75.7 cm³/mol. The normalized spacial score (nSPS) is 11.5. The van der Waals surface area contributed by atoms with E-state index in [9.17, 15) is 8.78 Å². The molecule has 3 nitrogen and oxygen atoms in total. The second-order valence-corrected chi connectivity index (χ2v) is 4.43. The molecule has 21 heavy (non-hydrogen) atoms. The summed E-state index contributed by atoms with van der Waals surface area (Å²) >= 11 is 0. The molecule has 0 saturated carbocycles. The zero-order valence-corrected chi connectivity index (χ0v) is 11.5. The van der Waals surface area contributed by atoms with E-state index in [2.05, 4.69) is 5.16 Å². The Morgan fingerprint density at radius 2 is 1.86 bits per heavy atom. The van der Waals surface area contributed by atoms with E-state index in [1.807, 2.05) is 6.92 Å². The van der Waals surface area contributed by atoms with Gasteiger partial charge < -0.3 is 9.94 Å². The highest BCUT2D eigenvalue weighted by molar-refractivity contribution is 6.00. The second kappa shape index (κ2) is 6.83. The van der Waals surface area contributed by atoms with Crippen LogP contribution in [-0.4, -0.2) is 10.9 Å². The van der Waals surface area contributed by atoms with Crippen LogP contribution in [0, 0.1) is 11.6 Å². The van der Waals surface area contributed by atoms with E-state index in [0.29, 0.717) is 17.9 Å². The zero-order valence-electron chi connectivity index (χ0n) is 11.5. The van der Waals surface area contributed by atoms with Gasteiger partial charge in [-0.1, -0.05) is 24.2 Å². The molecule has 110 valence electrons. The highest BCUT2D eigenvalue weighted by Gasteiger charge is 2.08. The molecule has 2 rings (SSSR count). The van der Waals surface area contributed by atoms with E-state index in [1.54, 1.807) is 24.3 Å². The van der Waals surface area contributed by atoms with Crippen molar-refractivity contribution in [2.24, 2.45) is 5.16 Å². The fourth-order valence-electron chi connectivity index (χ4n) is 1.90. The fraction of sp³-hybridized carbons (Fsp3) is 0.188. The van der Waals surface area contributed by atoms with E-state index in [4.69, 9.17) is 9.94 Å². The molecule has 0 amide bonds. The molecule has 2 aromatic carbocycles. The number of halogens is 2. The van der Waals surface area contributed by atoms with Crippen molar-refractivity contribution in [3.05, 3.63) is 65.2 Å². The van der Waals surface area contributed by atoms with Crippen molar-refractivity contribution in [3.63, 3.8) is 0 Å². The number of hydrogen-bond donors (Lipinski definition) is 1. The van der Waals surface area contributed by atoms with E-state index >= 15 is 0 Å². The Balaban J connectivity index is 2.06. The van der Waals surface area contributed by atoms with Crippen molar-refractivity contribution in [2.75, 3.05) is 0 Å². The SMILES string of the molecule is CC/C(=N\O)c1ccc(OCc2cccc(F)c2F)cc1. The Bertz CT molecular complexity index is 639. The average Bonchev–Trinajstić information content (AvgIpc) is 2.51. The second-order valence-electron chi connectivity index (χ2n) is 4.43.